The number of nitrogens with zero attached hydrogens (tertiary/aromatic N) is 1. The Morgan fingerprint density at radius 3 is 2.66 bits per heavy atom. The van der Waals surface area contributed by atoms with Crippen LogP contribution < -0.4 is 0 Å². The van der Waals surface area contributed by atoms with Gasteiger partial charge in [0.05, 0.1) is 0 Å². The molecule has 9 rings (SSSR count). The molecule has 3 saturated heterocycles. The molecule has 6 saturated carbocycles. The second kappa shape index (κ2) is 4.76. The Labute approximate surface area is 172 Å². The van der Waals surface area contributed by atoms with Crippen molar-refractivity contribution in [1.82, 2.24) is 4.90 Å². The van der Waals surface area contributed by atoms with Crippen LogP contribution in [0.2, 0.25) is 0 Å². The Bertz CT molecular complexity index is 884. The van der Waals surface area contributed by atoms with Gasteiger partial charge in [-0.25, -0.2) is 0 Å². The zero-order chi connectivity index (χ0) is 20.1. The molecule has 9 aliphatic rings. The van der Waals surface area contributed by atoms with Crippen LogP contribution in [0.25, 0.3) is 0 Å². The fourth-order valence-electron chi connectivity index (χ4n) is 11.0. The number of ether oxygens (including phenoxy) is 2. The van der Waals surface area contributed by atoms with Crippen LogP contribution in [0.3, 0.4) is 0 Å². The van der Waals surface area contributed by atoms with Gasteiger partial charge in [0.15, 0.2) is 0 Å². The van der Waals surface area contributed by atoms with Gasteiger partial charge in [0.25, 0.3) is 0 Å². The number of rotatable bonds is 2. The van der Waals surface area contributed by atoms with Crippen LogP contribution in [0.5, 0.6) is 0 Å². The molecular formula is C24H31NO4. The van der Waals surface area contributed by atoms with Gasteiger partial charge in [-0.2, -0.15) is 0 Å². The topological polar surface area (TPSA) is 55.8 Å². The van der Waals surface area contributed by atoms with E-state index in [1.54, 1.807) is 13.8 Å². The average Bonchev–Trinajstić information content (AvgIpc) is 3.05. The molecule has 0 amide bonds. The molecule has 0 aromatic heterocycles. The quantitative estimate of drug-likeness (QED) is 0.530. The minimum Gasteiger partial charge on any atom is -0.462 e. The average molecular weight is 398 g/mol. The van der Waals surface area contributed by atoms with Gasteiger partial charge in [-0.15, -0.1) is 0 Å². The fourth-order valence-corrected chi connectivity index (χ4v) is 11.0. The molecule has 3 heterocycles. The van der Waals surface area contributed by atoms with E-state index in [0.717, 1.165) is 31.3 Å². The summed E-state index contributed by atoms with van der Waals surface area (Å²) in [5, 5.41) is 0. The van der Waals surface area contributed by atoms with Crippen molar-refractivity contribution in [2.75, 3.05) is 6.54 Å². The first-order valence-corrected chi connectivity index (χ1v) is 11.5. The molecular weight excluding hydrogens is 366 g/mol. The van der Waals surface area contributed by atoms with Crippen molar-refractivity contribution in [3.8, 4) is 0 Å². The summed E-state index contributed by atoms with van der Waals surface area (Å²) < 4.78 is 12.2. The zero-order valence-electron chi connectivity index (χ0n) is 17.6. The van der Waals surface area contributed by atoms with Crippen molar-refractivity contribution in [3.63, 3.8) is 0 Å². The molecule has 0 N–H and O–H groups in total. The molecule has 3 aliphatic heterocycles. The van der Waals surface area contributed by atoms with E-state index in [4.69, 9.17) is 9.47 Å². The minimum absolute atomic E-state index is 0.0147. The Morgan fingerprint density at radius 1 is 1.17 bits per heavy atom. The lowest BCUT2D eigenvalue weighted by Crippen LogP contribution is -2.66. The predicted molar refractivity (Wildman–Crippen MR) is 105 cm³/mol. The maximum atomic E-state index is 12.1. The number of carbonyl (C=O) groups is 2. The molecule has 29 heavy (non-hydrogen) atoms. The van der Waals surface area contributed by atoms with Gasteiger partial charge in [0.1, 0.15) is 12.2 Å². The lowest BCUT2D eigenvalue weighted by molar-refractivity contribution is -0.213. The van der Waals surface area contributed by atoms with E-state index in [0.29, 0.717) is 41.2 Å². The number of hydrogen-bond donors (Lipinski definition) is 0. The SMILES string of the molecule is C=C1[C@@H]2CC3[C@]4(CC5[C@H]6[C@@]7(C)CC[C@@H](OC(C)=O)[C@@]36[C@@H]([C@@H]4C2)N5C7)[C@@H]1OC(C)=O. The number of esters is 2. The fraction of sp³-hybridized carbons (Fsp3) is 0.833. The van der Waals surface area contributed by atoms with Crippen molar-refractivity contribution in [1.29, 1.82) is 0 Å². The van der Waals surface area contributed by atoms with E-state index < -0.39 is 0 Å². The van der Waals surface area contributed by atoms with E-state index in [9.17, 15) is 9.59 Å². The molecule has 3 unspecified atom stereocenters. The third-order valence-electron chi connectivity index (χ3n) is 10.9. The Hall–Kier alpha value is -1.36. The maximum Gasteiger partial charge on any atom is 0.303 e. The summed E-state index contributed by atoms with van der Waals surface area (Å²) >= 11 is 0. The standard InChI is InChI=1S/C24H31NO4/c1-11-14-7-15-20-24-17(8-14)23(15,21(11)29-13(3)27)9-16-19(24)22(4,10-25(16)20)6-5-18(24)28-12(2)26/h14-21H,1,5-10H2,2-4H3/t14-,15-,16?,17?,18+,19-,20+,21+,22-,23+,24-/m0/s1. The summed E-state index contributed by atoms with van der Waals surface area (Å²) in [5.41, 5.74) is 1.57. The largest absolute Gasteiger partial charge is 0.462 e. The van der Waals surface area contributed by atoms with Gasteiger partial charge >= 0.3 is 11.9 Å². The monoisotopic (exact) mass is 397 g/mol. The van der Waals surface area contributed by atoms with Crippen LogP contribution in [0.15, 0.2) is 12.2 Å². The van der Waals surface area contributed by atoms with Crippen molar-refractivity contribution in [2.45, 2.75) is 77.2 Å². The molecule has 9 bridgehead atoms. The lowest BCUT2D eigenvalue weighted by Gasteiger charge is -2.65. The second-order valence-electron chi connectivity index (χ2n) is 11.7. The van der Waals surface area contributed by atoms with Crippen molar-refractivity contribution < 1.29 is 19.1 Å². The van der Waals surface area contributed by atoms with E-state index in [1.807, 2.05) is 0 Å². The number of hydrogen-bond acceptors (Lipinski definition) is 5. The highest BCUT2D eigenvalue weighted by Gasteiger charge is 2.90. The molecule has 0 aromatic rings. The van der Waals surface area contributed by atoms with E-state index in [2.05, 4.69) is 18.4 Å². The van der Waals surface area contributed by atoms with Crippen LogP contribution in [-0.2, 0) is 19.1 Å². The summed E-state index contributed by atoms with van der Waals surface area (Å²) in [5.74, 6) is 1.77. The van der Waals surface area contributed by atoms with E-state index >= 15 is 0 Å². The predicted octanol–water partition coefficient (Wildman–Crippen LogP) is 2.93. The molecule has 2 spiro atoms. The van der Waals surface area contributed by atoms with Gasteiger partial charge in [-0.3, -0.25) is 14.5 Å². The summed E-state index contributed by atoms with van der Waals surface area (Å²) in [6, 6.07) is 1.04. The summed E-state index contributed by atoms with van der Waals surface area (Å²) in [4.78, 5) is 27.1. The Kier molecular flexibility index (Phi) is 2.85. The molecule has 0 aromatic carbocycles. The Morgan fingerprint density at radius 2 is 1.93 bits per heavy atom. The number of fused-ring (bicyclic) bond motifs is 1. The highest BCUT2D eigenvalue weighted by atomic mass is 16.5. The van der Waals surface area contributed by atoms with Gasteiger partial charge in [0.2, 0.25) is 0 Å². The van der Waals surface area contributed by atoms with Gasteiger partial charge in [0, 0.05) is 43.3 Å². The molecule has 12 atom stereocenters. The Balaban J connectivity index is 1.45. The third kappa shape index (κ3) is 1.54. The number of piperidine rings is 2. The van der Waals surface area contributed by atoms with Crippen molar-refractivity contribution in [2.24, 2.45) is 39.9 Å². The van der Waals surface area contributed by atoms with Gasteiger partial charge < -0.3 is 9.47 Å². The molecule has 156 valence electrons. The van der Waals surface area contributed by atoms with Gasteiger partial charge in [-0.05, 0) is 66.8 Å². The third-order valence-corrected chi connectivity index (χ3v) is 10.9. The highest BCUT2D eigenvalue weighted by molar-refractivity contribution is 5.67. The lowest BCUT2D eigenvalue weighted by atomic mass is 9.39. The normalized spacial score (nSPS) is 61.9. The van der Waals surface area contributed by atoms with Crippen LogP contribution in [0, 0.1) is 39.9 Å². The molecule has 5 nitrogen and oxygen atoms in total. The van der Waals surface area contributed by atoms with E-state index in [1.165, 1.54) is 13.0 Å². The van der Waals surface area contributed by atoms with Crippen LogP contribution in [0.1, 0.15) is 52.9 Å². The highest BCUT2D eigenvalue weighted by Crippen LogP contribution is 2.87. The van der Waals surface area contributed by atoms with Crippen molar-refractivity contribution in [3.05, 3.63) is 12.2 Å². The first kappa shape index (κ1) is 17.3. The molecule has 0 radical (unpaired) electrons. The van der Waals surface area contributed by atoms with E-state index in [-0.39, 0.29) is 35.0 Å². The van der Waals surface area contributed by atoms with Crippen LogP contribution in [0.4, 0.5) is 0 Å². The molecule has 6 aliphatic carbocycles. The smallest absolute Gasteiger partial charge is 0.303 e. The molecule has 9 fully saturated rings. The summed E-state index contributed by atoms with van der Waals surface area (Å²) in [6.45, 7) is 11.3. The molecule has 5 heteroatoms. The summed E-state index contributed by atoms with van der Waals surface area (Å²) in [7, 11) is 0. The first-order chi connectivity index (χ1) is 13.7. The van der Waals surface area contributed by atoms with Gasteiger partial charge in [-0.1, -0.05) is 13.5 Å². The maximum absolute atomic E-state index is 12.1. The van der Waals surface area contributed by atoms with Crippen LogP contribution >= 0.6 is 0 Å². The summed E-state index contributed by atoms with van der Waals surface area (Å²) in [6.07, 6.45) is 5.50. The first-order valence-electron chi connectivity index (χ1n) is 11.5. The zero-order valence-corrected chi connectivity index (χ0v) is 17.6. The number of carbonyl (C=O) groups excluding carboxylic acids is 2. The minimum atomic E-state index is -0.181. The van der Waals surface area contributed by atoms with Crippen molar-refractivity contribution >= 4 is 11.9 Å². The van der Waals surface area contributed by atoms with Crippen LogP contribution in [-0.4, -0.2) is 47.7 Å². The second-order valence-corrected chi connectivity index (χ2v) is 11.7.